The van der Waals surface area contributed by atoms with E-state index in [0.717, 1.165) is 0 Å². The number of rotatable bonds is 3. The Bertz CT molecular complexity index is 254. The van der Waals surface area contributed by atoms with Crippen LogP contribution < -0.4 is 0 Å². The summed E-state index contributed by atoms with van der Waals surface area (Å²) in [6, 6.07) is 0. The van der Waals surface area contributed by atoms with Gasteiger partial charge in [-0.2, -0.15) is 16.8 Å². The molecule has 0 heterocycles. The van der Waals surface area contributed by atoms with E-state index in [9.17, 15) is 20.7 Å². The highest BCUT2D eigenvalue weighted by Gasteiger charge is 2.13. The third kappa shape index (κ3) is 7.79. The highest BCUT2D eigenvalue weighted by molar-refractivity contribution is 7.89. The molecule has 0 saturated heterocycles. The molecular weight excluding hydrogens is 187 g/mol. The molecule has 10 heavy (non-hydrogen) atoms. The molecule has 0 saturated carbocycles. The van der Waals surface area contributed by atoms with Crippen LogP contribution in [0.4, 0.5) is 3.89 Å². The summed E-state index contributed by atoms with van der Waals surface area (Å²) in [4.78, 5) is 0. The van der Waals surface area contributed by atoms with Gasteiger partial charge in [0.25, 0.3) is 10.1 Å². The molecular formula is C2H5FO5S2. The molecule has 0 aromatic carbocycles. The summed E-state index contributed by atoms with van der Waals surface area (Å²) < 4.78 is 58.3. The van der Waals surface area contributed by atoms with E-state index in [1.165, 1.54) is 0 Å². The topological polar surface area (TPSA) is 88.5 Å². The lowest BCUT2D eigenvalue weighted by Crippen LogP contribution is -2.12. The Morgan fingerprint density at radius 3 is 1.60 bits per heavy atom. The first kappa shape index (κ1) is 9.79. The molecule has 0 unspecified atom stereocenters. The first-order valence-corrected chi connectivity index (χ1v) is 5.24. The summed E-state index contributed by atoms with van der Waals surface area (Å²) in [6.07, 6.45) is 0. The van der Waals surface area contributed by atoms with Crippen LogP contribution in [0.25, 0.3) is 0 Å². The van der Waals surface area contributed by atoms with Crippen LogP contribution in [0.5, 0.6) is 0 Å². The van der Waals surface area contributed by atoms with E-state index in [0.29, 0.717) is 0 Å². The second kappa shape index (κ2) is 2.81. The minimum atomic E-state index is -4.80. The fourth-order valence-electron chi connectivity index (χ4n) is 0.205. The predicted molar refractivity (Wildman–Crippen MR) is 31.3 cm³/mol. The summed E-state index contributed by atoms with van der Waals surface area (Å²) in [6.45, 7) is 0. The molecule has 5 nitrogen and oxygen atoms in total. The standard InChI is InChI=1S/C2H5FO5S2/c3-9(4,5)1-2-10(6,7)8/h1-2H2,(H,6,7,8). The molecule has 0 rings (SSSR count). The molecule has 0 amide bonds. The zero-order valence-corrected chi connectivity index (χ0v) is 6.32. The Labute approximate surface area is 57.8 Å². The molecule has 0 fully saturated rings. The van der Waals surface area contributed by atoms with Gasteiger partial charge in [-0.3, -0.25) is 4.55 Å². The van der Waals surface area contributed by atoms with Crippen LogP contribution in [0.3, 0.4) is 0 Å². The van der Waals surface area contributed by atoms with E-state index in [1.54, 1.807) is 0 Å². The highest BCUT2D eigenvalue weighted by atomic mass is 32.3. The molecule has 0 radical (unpaired) electrons. The molecule has 8 heteroatoms. The van der Waals surface area contributed by atoms with Gasteiger partial charge in [0.15, 0.2) is 0 Å². The van der Waals surface area contributed by atoms with Crippen LogP contribution in [0.15, 0.2) is 0 Å². The summed E-state index contributed by atoms with van der Waals surface area (Å²) in [5.74, 6) is -2.31. The zero-order valence-electron chi connectivity index (χ0n) is 4.69. The van der Waals surface area contributed by atoms with Crippen LogP contribution in [0.1, 0.15) is 0 Å². The van der Waals surface area contributed by atoms with Crippen LogP contribution in [-0.2, 0) is 20.3 Å². The number of halogens is 1. The Kier molecular flexibility index (Phi) is 2.75. The molecule has 0 aromatic heterocycles. The third-order valence-electron chi connectivity index (χ3n) is 0.585. The van der Waals surface area contributed by atoms with Crippen molar-refractivity contribution in [3.63, 3.8) is 0 Å². The lowest BCUT2D eigenvalue weighted by Gasteiger charge is -1.90. The van der Waals surface area contributed by atoms with Gasteiger partial charge in [-0.05, 0) is 0 Å². The van der Waals surface area contributed by atoms with Crippen molar-refractivity contribution in [2.75, 3.05) is 11.5 Å². The Balaban J connectivity index is 4.05. The van der Waals surface area contributed by atoms with E-state index in [1.807, 2.05) is 0 Å². The average molecular weight is 192 g/mol. The largest absolute Gasteiger partial charge is 0.303 e. The smallest absolute Gasteiger partial charge is 0.286 e. The second-order valence-corrected chi connectivity index (χ2v) is 4.59. The van der Waals surface area contributed by atoms with Crippen molar-refractivity contribution in [1.82, 2.24) is 0 Å². The van der Waals surface area contributed by atoms with Gasteiger partial charge in [0.2, 0.25) is 0 Å². The number of hydrogen-bond donors (Lipinski definition) is 1. The van der Waals surface area contributed by atoms with Gasteiger partial charge in [0, 0.05) is 0 Å². The van der Waals surface area contributed by atoms with E-state index in [-0.39, 0.29) is 0 Å². The van der Waals surface area contributed by atoms with Gasteiger partial charge in [-0.1, -0.05) is 0 Å². The van der Waals surface area contributed by atoms with Crippen molar-refractivity contribution in [2.45, 2.75) is 0 Å². The molecule has 0 bridgehead atoms. The maximum atomic E-state index is 11.5. The Morgan fingerprint density at radius 1 is 1.10 bits per heavy atom. The van der Waals surface area contributed by atoms with Crippen LogP contribution in [0, 0.1) is 0 Å². The van der Waals surface area contributed by atoms with Gasteiger partial charge < -0.3 is 0 Å². The van der Waals surface area contributed by atoms with E-state index >= 15 is 0 Å². The van der Waals surface area contributed by atoms with E-state index in [2.05, 4.69) is 0 Å². The highest BCUT2D eigenvalue weighted by Crippen LogP contribution is 1.92. The minimum absolute atomic E-state index is 1.11. The van der Waals surface area contributed by atoms with Crippen LogP contribution >= 0.6 is 0 Å². The lowest BCUT2D eigenvalue weighted by atomic mass is 11.0. The first-order valence-electron chi connectivity index (χ1n) is 2.08. The number of hydrogen-bond acceptors (Lipinski definition) is 4. The van der Waals surface area contributed by atoms with Gasteiger partial charge in [-0.25, -0.2) is 0 Å². The minimum Gasteiger partial charge on any atom is -0.286 e. The summed E-state index contributed by atoms with van der Waals surface area (Å²) in [5, 5.41) is 0. The van der Waals surface area contributed by atoms with Crippen molar-refractivity contribution in [3.8, 4) is 0 Å². The molecule has 0 atom stereocenters. The molecule has 62 valence electrons. The normalized spacial score (nSPS) is 13.4. The Hall–Kier alpha value is -0.210. The van der Waals surface area contributed by atoms with E-state index < -0.39 is 31.8 Å². The monoisotopic (exact) mass is 192 g/mol. The van der Waals surface area contributed by atoms with Gasteiger partial charge in [-0.15, -0.1) is 3.89 Å². The van der Waals surface area contributed by atoms with Crippen LogP contribution in [0.2, 0.25) is 0 Å². The molecule has 0 aliphatic carbocycles. The molecule has 0 aromatic rings. The molecule has 1 N–H and O–H groups in total. The first-order chi connectivity index (χ1) is 4.21. The average Bonchev–Trinajstić information content (AvgIpc) is 1.57. The summed E-state index contributed by atoms with van der Waals surface area (Å²) in [5.41, 5.74) is 0. The van der Waals surface area contributed by atoms with Crippen molar-refractivity contribution in [2.24, 2.45) is 0 Å². The maximum absolute atomic E-state index is 11.5. The maximum Gasteiger partial charge on any atom is 0.303 e. The van der Waals surface area contributed by atoms with Crippen molar-refractivity contribution in [3.05, 3.63) is 0 Å². The lowest BCUT2D eigenvalue weighted by molar-refractivity contribution is 0.483. The third-order valence-corrected chi connectivity index (χ3v) is 2.26. The van der Waals surface area contributed by atoms with E-state index in [4.69, 9.17) is 4.55 Å². The quantitative estimate of drug-likeness (QED) is 0.466. The van der Waals surface area contributed by atoms with Gasteiger partial charge >= 0.3 is 10.2 Å². The van der Waals surface area contributed by atoms with Crippen molar-refractivity contribution < 1.29 is 25.3 Å². The molecule has 0 spiro atoms. The van der Waals surface area contributed by atoms with Gasteiger partial charge in [0.05, 0.1) is 11.5 Å². The van der Waals surface area contributed by atoms with Crippen molar-refractivity contribution in [1.29, 1.82) is 0 Å². The summed E-state index contributed by atoms with van der Waals surface area (Å²) >= 11 is 0. The Morgan fingerprint density at radius 2 is 1.50 bits per heavy atom. The fourth-order valence-corrected chi connectivity index (χ4v) is 1.84. The SMILES string of the molecule is O=S(=O)(O)CCS(=O)(=O)F. The van der Waals surface area contributed by atoms with Gasteiger partial charge in [0.1, 0.15) is 0 Å². The predicted octanol–water partition coefficient (Wildman–Crippen LogP) is -0.826. The molecule has 0 aliphatic rings. The molecule has 0 aliphatic heterocycles. The summed E-state index contributed by atoms with van der Waals surface area (Å²) in [7, 11) is -9.17. The zero-order chi connectivity index (χ0) is 8.41. The van der Waals surface area contributed by atoms with Crippen molar-refractivity contribution >= 4 is 20.3 Å². The fraction of sp³-hybridized carbons (Fsp3) is 1.00. The van der Waals surface area contributed by atoms with Crippen LogP contribution in [-0.4, -0.2) is 32.9 Å². The second-order valence-electron chi connectivity index (χ2n) is 1.53.